The molecular weight excluding hydrogens is 288 g/mol. The summed E-state index contributed by atoms with van der Waals surface area (Å²) < 4.78 is 5.29. The molecule has 0 aliphatic carbocycles. The van der Waals surface area contributed by atoms with Gasteiger partial charge < -0.3 is 10.1 Å². The number of cyclic esters (lactones) is 1. The smallest absolute Gasteiger partial charge is 0.414 e. The largest absolute Gasteiger partial charge is 0.442 e. The predicted octanol–water partition coefficient (Wildman–Crippen LogP) is 1.94. The van der Waals surface area contributed by atoms with Crippen LogP contribution in [0.4, 0.5) is 10.5 Å². The lowest BCUT2D eigenvalue weighted by Gasteiger charge is -2.19. The Hall–Kier alpha value is -1.69. The third kappa shape index (κ3) is 3.15. The van der Waals surface area contributed by atoms with Gasteiger partial charge >= 0.3 is 6.09 Å². The minimum absolute atomic E-state index is 0.115. The van der Waals surface area contributed by atoms with E-state index in [1.165, 1.54) is 18.1 Å². The number of nitrogens with one attached hydrogen (secondary N) is 1. The van der Waals surface area contributed by atoms with Gasteiger partial charge in [0, 0.05) is 18.4 Å². The van der Waals surface area contributed by atoms with Crippen LogP contribution in [-0.4, -0.2) is 36.9 Å². The average Bonchev–Trinajstić information content (AvgIpc) is 2.86. The van der Waals surface area contributed by atoms with Crippen LogP contribution in [0.5, 0.6) is 0 Å². The second kappa shape index (κ2) is 5.97. The molecule has 1 aromatic rings. The van der Waals surface area contributed by atoms with Crippen LogP contribution in [0.1, 0.15) is 18.1 Å². The number of benzene rings is 1. The summed E-state index contributed by atoms with van der Waals surface area (Å²) in [7, 11) is 0. The number of aryl methyl sites for hydroxylation is 1. The number of carbonyl (C=O) groups excluding carboxylic acids is 2. The third-order valence-corrected chi connectivity index (χ3v) is 4.74. The highest BCUT2D eigenvalue weighted by atomic mass is 32.2. The summed E-state index contributed by atoms with van der Waals surface area (Å²) >= 11 is 1.94. The zero-order valence-electron chi connectivity index (χ0n) is 11.9. The Balaban J connectivity index is 1.72. The van der Waals surface area contributed by atoms with Gasteiger partial charge in [0.2, 0.25) is 5.91 Å². The van der Waals surface area contributed by atoms with Crippen molar-refractivity contribution in [2.75, 3.05) is 23.7 Å². The molecule has 1 saturated heterocycles. The van der Waals surface area contributed by atoms with Crippen molar-refractivity contribution in [3.63, 3.8) is 0 Å². The van der Waals surface area contributed by atoms with Crippen LogP contribution < -0.4 is 10.2 Å². The van der Waals surface area contributed by atoms with Crippen molar-refractivity contribution in [1.82, 2.24) is 5.32 Å². The molecule has 0 aromatic heterocycles. The molecule has 112 valence electrons. The van der Waals surface area contributed by atoms with Gasteiger partial charge in [-0.1, -0.05) is 6.07 Å². The van der Waals surface area contributed by atoms with Crippen LogP contribution in [0.2, 0.25) is 0 Å². The first-order valence-electron chi connectivity index (χ1n) is 7.05. The van der Waals surface area contributed by atoms with E-state index in [4.69, 9.17) is 4.74 Å². The van der Waals surface area contributed by atoms with Crippen molar-refractivity contribution in [2.45, 2.75) is 25.2 Å². The van der Waals surface area contributed by atoms with Crippen LogP contribution >= 0.6 is 11.8 Å². The van der Waals surface area contributed by atoms with Gasteiger partial charge in [-0.3, -0.25) is 9.69 Å². The number of nitrogens with zero attached hydrogens (tertiary/aromatic N) is 1. The predicted molar refractivity (Wildman–Crippen MR) is 82.6 cm³/mol. The minimum Gasteiger partial charge on any atom is -0.442 e. The van der Waals surface area contributed by atoms with Gasteiger partial charge in [0.1, 0.15) is 6.10 Å². The van der Waals surface area contributed by atoms with Crippen molar-refractivity contribution >= 4 is 29.4 Å². The molecule has 0 saturated carbocycles. The fourth-order valence-corrected chi connectivity index (χ4v) is 3.62. The standard InChI is InChI=1S/C15H18N2O3S/c1-10(18)16-7-14-8-17(15(19)20-14)13-3-2-12-9-21-5-4-11(12)6-13/h2-3,6,14H,4-5,7-9H2,1H3,(H,16,18)/t14-/m0/s1. The van der Waals surface area contributed by atoms with Gasteiger partial charge in [-0.15, -0.1) is 0 Å². The molecule has 3 rings (SSSR count). The van der Waals surface area contributed by atoms with Gasteiger partial charge in [-0.25, -0.2) is 4.79 Å². The molecule has 0 radical (unpaired) electrons. The number of rotatable bonds is 3. The van der Waals surface area contributed by atoms with Gasteiger partial charge in [0.05, 0.1) is 13.1 Å². The Labute approximate surface area is 128 Å². The van der Waals surface area contributed by atoms with E-state index in [9.17, 15) is 9.59 Å². The molecule has 21 heavy (non-hydrogen) atoms. The fraction of sp³-hybridized carbons (Fsp3) is 0.467. The molecule has 2 aliphatic rings. The maximum atomic E-state index is 12.0. The number of thioether (sulfide) groups is 1. The van der Waals surface area contributed by atoms with E-state index in [0.29, 0.717) is 13.1 Å². The van der Waals surface area contributed by atoms with E-state index in [-0.39, 0.29) is 18.1 Å². The van der Waals surface area contributed by atoms with Crippen LogP contribution in [0.25, 0.3) is 0 Å². The Morgan fingerprint density at radius 3 is 3.14 bits per heavy atom. The molecule has 1 fully saturated rings. The Morgan fingerprint density at radius 1 is 1.48 bits per heavy atom. The maximum Gasteiger partial charge on any atom is 0.414 e. The number of fused-ring (bicyclic) bond motifs is 1. The molecule has 0 unspecified atom stereocenters. The van der Waals surface area contributed by atoms with E-state index in [0.717, 1.165) is 23.6 Å². The summed E-state index contributed by atoms with van der Waals surface area (Å²) in [4.78, 5) is 24.6. The van der Waals surface area contributed by atoms with Crippen LogP contribution in [0.3, 0.4) is 0 Å². The number of hydrogen-bond acceptors (Lipinski definition) is 4. The van der Waals surface area contributed by atoms with Crippen LogP contribution in [-0.2, 0) is 21.7 Å². The number of anilines is 1. The van der Waals surface area contributed by atoms with E-state index in [2.05, 4.69) is 17.4 Å². The first kappa shape index (κ1) is 14.3. The third-order valence-electron chi connectivity index (χ3n) is 3.73. The first-order chi connectivity index (χ1) is 10.1. The Kier molecular flexibility index (Phi) is 4.05. The molecule has 1 N–H and O–H groups in total. The SMILES string of the molecule is CC(=O)NC[C@H]1CN(c2ccc3c(c2)CCSC3)C(=O)O1. The molecule has 1 aromatic carbocycles. The summed E-state index contributed by atoms with van der Waals surface area (Å²) in [5.74, 6) is 2.06. The zero-order valence-corrected chi connectivity index (χ0v) is 12.7. The minimum atomic E-state index is -0.338. The summed E-state index contributed by atoms with van der Waals surface area (Å²) in [6.07, 6.45) is 0.426. The molecule has 5 nitrogen and oxygen atoms in total. The average molecular weight is 306 g/mol. The molecule has 1 atom stereocenters. The Bertz CT molecular complexity index is 576. The lowest BCUT2D eigenvalue weighted by Crippen LogP contribution is -2.33. The van der Waals surface area contributed by atoms with E-state index >= 15 is 0 Å². The molecule has 6 heteroatoms. The van der Waals surface area contributed by atoms with Gasteiger partial charge in [-0.2, -0.15) is 11.8 Å². The first-order valence-corrected chi connectivity index (χ1v) is 8.21. The van der Waals surface area contributed by atoms with Gasteiger partial charge in [-0.05, 0) is 35.4 Å². The van der Waals surface area contributed by atoms with E-state index in [1.807, 2.05) is 17.8 Å². The van der Waals surface area contributed by atoms with E-state index < -0.39 is 0 Å². The fourth-order valence-electron chi connectivity index (χ4n) is 2.61. The molecule has 0 bridgehead atoms. The highest BCUT2D eigenvalue weighted by molar-refractivity contribution is 7.98. The van der Waals surface area contributed by atoms with E-state index in [1.54, 1.807) is 4.90 Å². The Morgan fingerprint density at radius 2 is 2.33 bits per heavy atom. The summed E-state index contributed by atoms with van der Waals surface area (Å²) in [5.41, 5.74) is 3.57. The quantitative estimate of drug-likeness (QED) is 0.927. The van der Waals surface area contributed by atoms with Crippen molar-refractivity contribution in [3.8, 4) is 0 Å². The van der Waals surface area contributed by atoms with Gasteiger partial charge in [0.15, 0.2) is 0 Å². The van der Waals surface area contributed by atoms with Crippen molar-refractivity contribution < 1.29 is 14.3 Å². The molecular formula is C15H18N2O3S. The monoisotopic (exact) mass is 306 g/mol. The summed E-state index contributed by atoms with van der Waals surface area (Å²) in [6, 6.07) is 6.18. The van der Waals surface area contributed by atoms with Crippen molar-refractivity contribution in [1.29, 1.82) is 0 Å². The number of hydrogen-bond donors (Lipinski definition) is 1. The summed E-state index contributed by atoms with van der Waals surface area (Å²) in [6.45, 7) is 2.29. The number of ether oxygens (including phenoxy) is 1. The molecule has 0 spiro atoms. The topological polar surface area (TPSA) is 58.6 Å². The number of amides is 2. The maximum absolute atomic E-state index is 12.0. The van der Waals surface area contributed by atoms with Crippen molar-refractivity contribution in [2.24, 2.45) is 0 Å². The lowest BCUT2D eigenvalue weighted by molar-refractivity contribution is -0.119. The highest BCUT2D eigenvalue weighted by Crippen LogP contribution is 2.30. The van der Waals surface area contributed by atoms with Crippen molar-refractivity contribution in [3.05, 3.63) is 29.3 Å². The molecule has 2 aliphatic heterocycles. The second-order valence-electron chi connectivity index (χ2n) is 5.31. The normalized spacial score (nSPS) is 20.9. The highest BCUT2D eigenvalue weighted by Gasteiger charge is 2.32. The second-order valence-corrected chi connectivity index (χ2v) is 6.41. The number of carbonyl (C=O) groups is 2. The zero-order chi connectivity index (χ0) is 14.8. The van der Waals surface area contributed by atoms with Crippen LogP contribution in [0, 0.1) is 0 Å². The lowest BCUT2D eigenvalue weighted by atomic mass is 10.0. The summed E-state index contributed by atoms with van der Waals surface area (Å²) in [5, 5.41) is 2.68. The molecule has 2 heterocycles. The van der Waals surface area contributed by atoms with Crippen LogP contribution in [0.15, 0.2) is 18.2 Å². The van der Waals surface area contributed by atoms with Gasteiger partial charge in [0.25, 0.3) is 0 Å². The molecule has 2 amide bonds.